The van der Waals surface area contributed by atoms with Crippen molar-refractivity contribution < 1.29 is 17.7 Å². The molecule has 0 amide bonds. The molecular formula is C5H9Cl2F3N4O. The predicted octanol–water partition coefficient (Wildman–Crippen LogP) is 0.934. The molecule has 4 N–H and O–H groups in total. The predicted molar refractivity (Wildman–Crippen MR) is 49.7 cm³/mol. The van der Waals surface area contributed by atoms with E-state index in [1.165, 1.54) is 0 Å². The van der Waals surface area contributed by atoms with Gasteiger partial charge in [-0.05, 0) is 0 Å². The zero-order chi connectivity index (χ0) is 10.1. The van der Waals surface area contributed by atoms with Crippen molar-refractivity contribution in [1.82, 2.24) is 10.1 Å². The lowest BCUT2D eigenvalue weighted by Gasteiger charge is -2.09. The van der Waals surface area contributed by atoms with E-state index < -0.39 is 18.1 Å². The van der Waals surface area contributed by atoms with E-state index >= 15 is 0 Å². The van der Waals surface area contributed by atoms with Gasteiger partial charge < -0.3 is 16.0 Å². The van der Waals surface area contributed by atoms with Gasteiger partial charge in [0.15, 0.2) is 11.9 Å². The SMILES string of the molecule is Cl.Cl.NCc1noc(C(N)C(F)(F)F)n1. The van der Waals surface area contributed by atoms with E-state index in [4.69, 9.17) is 11.5 Å². The van der Waals surface area contributed by atoms with Crippen molar-refractivity contribution in [3.8, 4) is 0 Å². The smallest absolute Gasteiger partial charge is 0.337 e. The first-order valence-electron chi connectivity index (χ1n) is 3.30. The van der Waals surface area contributed by atoms with Crippen LogP contribution in [0.4, 0.5) is 13.2 Å². The van der Waals surface area contributed by atoms with Gasteiger partial charge in [0.1, 0.15) is 0 Å². The molecule has 0 aliphatic rings. The van der Waals surface area contributed by atoms with Gasteiger partial charge in [0.25, 0.3) is 5.89 Å². The highest BCUT2D eigenvalue weighted by molar-refractivity contribution is 5.85. The minimum absolute atomic E-state index is 0. The number of nitrogens with zero attached hydrogens (tertiary/aromatic N) is 2. The molecule has 1 aromatic heterocycles. The summed E-state index contributed by atoms with van der Waals surface area (Å²) in [6.07, 6.45) is -4.58. The first-order valence-corrected chi connectivity index (χ1v) is 3.30. The van der Waals surface area contributed by atoms with Crippen LogP contribution in [0.15, 0.2) is 4.52 Å². The summed E-state index contributed by atoms with van der Waals surface area (Å²) in [7, 11) is 0. The Bertz CT molecular complexity index is 292. The molecule has 0 bridgehead atoms. The molecule has 0 aromatic carbocycles. The van der Waals surface area contributed by atoms with E-state index in [1.807, 2.05) is 0 Å². The number of hydrogen-bond acceptors (Lipinski definition) is 5. The van der Waals surface area contributed by atoms with E-state index in [0.717, 1.165) is 0 Å². The summed E-state index contributed by atoms with van der Waals surface area (Å²) >= 11 is 0. The molecule has 0 aliphatic carbocycles. The first-order chi connectivity index (χ1) is 5.95. The topological polar surface area (TPSA) is 91.0 Å². The van der Waals surface area contributed by atoms with E-state index in [1.54, 1.807) is 0 Å². The highest BCUT2D eigenvalue weighted by Crippen LogP contribution is 2.29. The number of rotatable bonds is 2. The molecule has 0 saturated heterocycles. The summed E-state index contributed by atoms with van der Waals surface area (Å²) in [5.41, 5.74) is 9.84. The van der Waals surface area contributed by atoms with Gasteiger partial charge in [0.05, 0.1) is 6.54 Å². The van der Waals surface area contributed by atoms with Gasteiger partial charge in [-0.3, -0.25) is 0 Å². The molecule has 0 aliphatic heterocycles. The first kappa shape index (κ1) is 16.8. The van der Waals surface area contributed by atoms with E-state index in [2.05, 4.69) is 14.7 Å². The monoisotopic (exact) mass is 268 g/mol. The van der Waals surface area contributed by atoms with Crippen LogP contribution in [0.3, 0.4) is 0 Å². The molecule has 1 heterocycles. The van der Waals surface area contributed by atoms with Gasteiger partial charge in [0, 0.05) is 0 Å². The molecule has 10 heteroatoms. The lowest BCUT2D eigenvalue weighted by atomic mass is 10.3. The summed E-state index contributed by atoms with van der Waals surface area (Å²) in [5.74, 6) is -0.678. The van der Waals surface area contributed by atoms with Crippen LogP contribution < -0.4 is 11.5 Å². The molecule has 0 fully saturated rings. The van der Waals surface area contributed by atoms with Gasteiger partial charge in [-0.2, -0.15) is 18.2 Å². The van der Waals surface area contributed by atoms with Crippen LogP contribution in [0.25, 0.3) is 0 Å². The lowest BCUT2D eigenvalue weighted by molar-refractivity contribution is -0.154. The van der Waals surface area contributed by atoms with Crippen LogP contribution in [0.1, 0.15) is 17.8 Å². The number of aromatic nitrogens is 2. The molecule has 0 saturated carbocycles. The average Bonchev–Trinajstić information content (AvgIpc) is 2.48. The average molecular weight is 269 g/mol. The zero-order valence-electron chi connectivity index (χ0n) is 7.19. The van der Waals surface area contributed by atoms with Crippen molar-refractivity contribution in [2.45, 2.75) is 18.8 Å². The maximum absolute atomic E-state index is 12.0. The standard InChI is InChI=1S/C5H7F3N4O.2ClH/c6-5(7,8)3(10)4-11-2(1-9)12-13-4;;/h3H,1,9-10H2;2*1H. The number of hydrogen-bond donors (Lipinski definition) is 2. The Kier molecular flexibility index (Phi) is 6.86. The van der Waals surface area contributed by atoms with Crippen LogP contribution in [-0.2, 0) is 6.54 Å². The lowest BCUT2D eigenvalue weighted by Crippen LogP contribution is -2.28. The molecule has 1 aromatic rings. The zero-order valence-corrected chi connectivity index (χ0v) is 8.83. The molecule has 1 atom stereocenters. The van der Waals surface area contributed by atoms with Crippen LogP contribution in [0.5, 0.6) is 0 Å². The summed E-state index contributed by atoms with van der Waals surface area (Å²) in [6, 6.07) is -2.25. The van der Waals surface area contributed by atoms with Crippen molar-refractivity contribution in [2.75, 3.05) is 0 Å². The Hall–Kier alpha value is -0.570. The third-order valence-corrected chi connectivity index (χ3v) is 1.29. The normalized spacial score (nSPS) is 12.6. The molecule has 90 valence electrons. The fourth-order valence-electron chi connectivity index (χ4n) is 0.617. The quantitative estimate of drug-likeness (QED) is 0.833. The van der Waals surface area contributed by atoms with Crippen molar-refractivity contribution in [1.29, 1.82) is 0 Å². The maximum atomic E-state index is 12.0. The Morgan fingerprint density at radius 3 is 2.20 bits per heavy atom. The van der Waals surface area contributed by atoms with Crippen LogP contribution in [-0.4, -0.2) is 16.3 Å². The number of alkyl halides is 3. The third kappa shape index (κ3) is 4.20. The van der Waals surface area contributed by atoms with Crippen LogP contribution in [0, 0.1) is 0 Å². The largest absolute Gasteiger partial charge is 0.412 e. The van der Waals surface area contributed by atoms with Gasteiger partial charge >= 0.3 is 6.18 Å². The fraction of sp³-hybridized carbons (Fsp3) is 0.600. The Labute approximate surface area is 95.2 Å². The van der Waals surface area contributed by atoms with Crippen LogP contribution >= 0.6 is 24.8 Å². The second-order valence-electron chi connectivity index (χ2n) is 2.27. The second kappa shape index (κ2) is 6.11. The van der Waals surface area contributed by atoms with Crippen molar-refractivity contribution >= 4 is 24.8 Å². The molecule has 15 heavy (non-hydrogen) atoms. The van der Waals surface area contributed by atoms with Gasteiger partial charge in [-0.15, -0.1) is 24.8 Å². The van der Waals surface area contributed by atoms with Gasteiger partial charge in [-0.1, -0.05) is 5.16 Å². The summed E-state index contributed by atoms with van der Waals surface area (Å²) in [6.45, 7) is -0.0892. The van der Waals surface area contributed by atoms with Crippen LogP contribution in [0.2, 0.25) is 0 Å². The minimum atomic E-state index is -4.58. The summed E-state index contributed by atoms with van der Waals surface area (Å²) < 4.78 is 40.1. The Morgan fingerprint density at radius 2 is 1.87 bits per heavy atom. The molecule has 0 spiro atoms. The maximum Gasteiger partial charge on any atom is 0.412 e. The van der Waals surface area contributed by atoms with E-state index in [-0.39, 0.29) is 37.2 Å². The molecule has 1 unspecified atom stereocenters. The van der Waals surface area contributed by atoms with E-state index in [0.29, 0.717) is 0 Å². The Morgan fingerprint density at radius 1 is 1.33 bits per heavy atom. The summed E-state index contributed by atoms with van der Waals surface area (Å²) in [4.78, 5) is 3.35. The number of halogens is 5. The van der Waals surface area contributed by atoms with Crippen molar-refractivity contribution in [2.24, 2.45) is 11.5 Å². The highest BCUT2D eigenvalue weighted by Gasteiger charge is 2.41. The summed E-state index contributed by atoms with van der Waals surface area (Å²) in [5, 5.41) is 3.18. The third-order valence-electron chi connectivity index (χ3n) is 1.29. The molecule has 5 nitrogen and oxygen atoms in total. The highest BCUT2D eigenvalue weighted by atomic mass is 35.5. The Balaban J connectivity index is 0. The van der Waals surface area contributed by atoms with Gasteiger partial charge in [-0.25, -0.2) is 0 Å². The molecule has 0 radical (unpaired) electrons. The minimum Gasteiger partial charge on any atom is -0.337 e. The van der Waals surface area contributed by atoms with Gasteiger partial charge in [0.2, 0.25) is 0 Å². The second-order valence-corrected chi connectivity index (χ2v) is 2.27. The van der Waals surface area contributed by atoms with Crippen molar-refractivity contribution in [3.63, 3.8) is 0 Å². The molecule has 1 rings (SSSR count). The fourth-order valence-corrected chi connectivity index (χ4v) is 0.617. The van der Waals surface area contributed by atoms with E-state index in [9.17, 15) is 13.2 Å². The molecular weight excluding hydrogens is 260 g/mol. The van der Waals surface area contributed by atoms with Crippen molar-refractivity contribution in [3.05, 3.63) is 11.7 Å². The number of nitrogens with two attached hydrogens (primary N) is 2.